The van der Waals surface area contributed by atoms with E-state index in [1.807, 2.05) is 24.3 Å². The van der Waals surface area contributed by atoms with Gasteiger partial charge < -0.3 is 10.2 Å². The number of aromatic carboxylic acids is 1. The van der Waals surface area contributed by atoms with Crippen molar-refractivity contribution in [1.82, 2.24) is 0 Å². The molecular weight excluding hydrogens is 348 g/mol. The second-order valence-electron chi connectivity index (χ2n) is 8.67. The van der Waals surface area contributed by atoms with Crippen molar-refractivity contribution in [2.45, 2.75) is 71.6 Å². The molecule has 3 heteroatoms. The molecule has 0 spiro atoms. The summed E-state index contributed by atoms with van der Waals surface area (Å²) >= 11 is 0. The number of rotatable bonds is 10. The summed E-state index contributed by atoms with van der Waals surface area (Å²) in [5, 5.41) is 20.1. The van der Waals surface area contributed by atoms with Crippen LogP contribution in [-0.2, 0) is 11.8 Å². The Kier molecular flexibility index (Phi) is 7.68. The Morgan fingerprint density at radius 2 is 1.61 bits per heavy atom. The van der Waals surface area contributed by atoms with E-state index >= 15 is 0 Å². The monoisotopic (exact) mass is 382 g/mol. The van der Waals surface area contributed by atoms with Gasteiger partial charge in [0.2, 0.25) is 0 Å². The second-order valence-corrected chi connectivity index (χ2v) is 8.67. The average Bonchev–Trinajstić information content (AvgIpc) is 2.65. The van der Waals surface area contributed by atoms with Crippen LogP contribution in [0.3, 0.4) is 0 Å². The minimum Gasteiger partial charge on any atom is -0.507 e. The minimum absolute atomic E-state index is 0.00341. The number of carbonyl (C=O) groups is 1. The van der Waals surface area contributed by atoms with Crippen molar-refractivity contribution in [2.75, 3.05) is 0 Å². The predicted octanol–water partition coefficient (Wildman–Crippen LogP) is 6.57. The number of phenols is 1. The number of aromatic hydroxyl groups is 1. The van der Waals surface area contributed by atoms with Gasteiger partial charge in [-0.2, -0.15) is 0 Å². The van der Waals surface area contributed by atoms with Crippen molar-refractivity contribution in [3.05, 3.63) is 64.7 Å². The van der Waals surface area contributed by atoms with Gasteiger partial charge >= 0.3 is 5.97 Å². The molecular formula is C25H34O3. The third-order valence-corrected chi connectivity index (χ3v) is 5.61. The topological polar surface area (TPSA) is 57.5 Å². The fraction of sp³-hybridized carbons (Fsp3) is 0.480. The predicted molar refractivity (Wildman–Crippen MR) is 115 cm³/mol. The number of aryl methyl sites for hydroxylation is 1. The van der Waals surface area contributed by atoms with Crippen molar-refractivity contribution >= 4 is 5.97 Å². The highest BCUT2D eigenvalue weighted by Gasteiger charge is 2.26. The standard InChI is InChI=1S/C25H34O3/c1-18(2)12-8-5-6-9-13-19-16-21(17-22(23(19)26)24(27)28)25(3,4)20-14-10-7-11-15-20/h7,10-11,14-18,26H,5-6,8-9,12-13H2,1-4H3,(H,27,28). The molecule has 0 radical (unpaired) electrons. The molecule has 0 saturated heterocycles. The van der Waals surface area contributed by atoms with Crippen LogP contribution in [0.5, 0.6) is 5.75 Å². The average molecular weight is 383 g/mol. The second kappa shape index (κ2) is 9.77. The maximum atomic E-state index is 11.7. The van der Waals surface area contributed by atoms with Crippen molar-refractivity contribution in [3.63, 3.8) is 0 Å². The van der Waals surface area contributed by atoms with Gasteiger partial charge in [0.15, 0.2) is 0 Å². The SMILES string of the molecule is CC(C)CCCCCCc1cc(C(C)(C)c2ccccc2)cc(C(=O)O)c1O. The van der Waals surface area contributed by atoms with Crippen LogP contribution in [0.4, 0.5) is 0 Å². The molecule has 2 aromatic rings. The lowest BCUT2D eigenvalue weighted by molar-refractivity contribution is 0.0693. The zero-order valence-electron chi connectivity index (χ0n) is 17.7. The molecule has 3 nitrogen and oxygen atoms in total. The number of carboxylic acids is 1. The molecule has 2 aromatic carbocycles. The largest absolute Gasteiger partial charge is 0.507 e. The van der Waals surface area contributed by atoms with E-state index < -0.39 is 5.97 Å². The summed E-state index contributed by atoms with van der Waals surface area (Å²) in [5.41, 5.74) is 2.44. The van der Waals surface area contributed by atoms with E-state index in [1.165, 1.54) is 19.3 Å². The number of benzene rings is 2. The van der Waals surface area contributed by atoms with Crippen LogP contribution in [0.1, 0.15) is 86.8 Å². The van der Waals surface area contributed by atoms with E-state index in [-0.39, 0.29) is 16.7 Å². The Morgan fingerprint density at radius 3 is 2.21 bits per heavy atom. The number of hydrogen-bond acceptors (Lipinski definition) is 2. The molecule has 28 heavy (non-hydrogen) atoms. The lowest BCUT2D eigenvalue weighted by atomic mass is 9.76. The van der Waals surface area contributed by atoms with Crippen LogP contribution >= 0.6 is 0 Å². The maximum Gasteiger partial charge on any atom is 0.339 e. The van der Waals surface area contributed by atoms with Crippen molar-refractivity contribution in [2.24, 2.45) is 5.92 Å². The lowest BCUT2D eigenvalue weighted by Gasteiger charge is -2.27. The van der Waals surface area contributed by atoms with Gasteiger partial charge in [0.25, 0.3) is 0 Å². The first-order valence-corrected chi connectivity index (χ1v) is 10.4. The third-order valence-electron chi connectivity index (χ3n) is 5.61. The highest BCUT2D eigenvalue weighted by molar-refractivity contribution is 5.91. The molecule has 0 saturated carbocycles. The molecule has 0 aromatic heterocycles. The summed E-state index contributed by atoms with van der Waals surface area (Å²) in [4.78, 5) is 11.7. The maximum absolute atomic E-state index is 11.7. The quantitative estimate of drug-likeness (QED) is 0.457. The van der Waals surface area contributed by atoms with E-state index in [1.54, 1.807) is 6.07 Å². The Hall–Kier alpha value is -2.29. The number of carboxylic acid groups (broad SMARTS) is 1. The first kappa shape index (κ1) is 22.0. The van der Waals surface area contributed by atoms with Crippen LogP contribution in [0.25, 0.3) is 0 Å². The fourth-order valence-electron chi connectivity index (χ4n) is 3.65. The van der Waals surface area contributed by atoms with Crippen molar-refractivity contribution in [1.29, 1.82) is 0 Å². The third kappa shape index (κ3) is 5.60. The van der Waals surface area contributed by atoms with Crippen LogP contribution in [0, 0.1) is 5.92 Å². The zero-order chi connectivity index (χ0) is 20.7. The summed E-state index contributed by atoms with van der Waals surface area (Å²) in [7, 11) is 0. The van der Waals surface area contributed by atoms with E-state index in [0.29, 0.717) is 6.42 Å². The van der Waals surface area contributed by atoms with Crippen LogP contribution < -0.4 is 0 Å². The smallest absolute Gasteiger partial charge is 0.339 e. The molecule has 0 unspecified atom stereocenters. The molecule has 0 fully saturated rings. The lowest BCUT2D eigenvalue weighted by Crippen LogP contribution is -2.20. The van der Waals surface area contributed by atoms with Gasteiger partial charge in [-0.15, -0.1) is 0 Å². The van der Waals surface area contributed by atoms with E-state index in [9.17, 15) is 15.0 Å². The van der Waals surface area contributed by atoms with Crippen LogP contribution in [0.15, 0.2) is 42.5 Å². The van der Waals surface area contributed by atoms with E-state index in [4.69, 9.17) is 0 Å². The van der Waals surface area contributed by atoms with Crippen LogP contribution in [0.2, 0.25) is 0 Å². The van der Waals surface area contributed by atoms with Crippen molar-refractivity contribution in [3.8, 4) is 5.75 Å². The highest BCUT2D eigenvalue weighted by Crippen LogP contribution is 2.36. The first-order valence-electron chi connectivity index (χ1n) is 10.4. The number of unbranched alkanes of at least 4 members (excludes halogenated alkanes) is 3. The van der Waals surface area contributed by atoms with Crippen molar-refractivity contribution < 1.29 is 15.0 Å². The van der Waals surface area contributed by atoms with Crippen LogP contribution in [-0.4, -0.2) is 16.2 Å². The fourth-order valence-corrected chi connectivity index (χ4v) is 3.65. The molecule has 0 atom stereocenters. The molecule has 0 aliphatic heterocycles. The zero-order valence-corrected chi connectivity index (χ0v) is 17.7. The van der Waals surface area contributed by atoms with E-state index in [2.05, 4.69) is 39.8 Å². The molecule has 152 valence electrons. The Balaban J connectivity index is 2.22. The Morgan fingerprint density at radius 1 is 0.964 bits per heavy atom. The summed E-state index contributed by atoms with van der Waals surface area (Å²) in [5.74, 6) is -0.428. The Labute approximate surface area is 169 Å². The molecule has 0 aliphatic carbocycles. The molecule has 2 N–H and O–H groups in total. The molecule has 0 heterocycles. The van der Waals surface area contributed by atoms with Gasteiger partial charge in [-0.1, -0.05) is 89.8 Å². The molecule has 0 bridgehead atoms. The minimum atomic E-state index is -1.08. The van der Waals surface area contributed by atoms with E-state index in [0.717, 1.165) is 35.4 Å². The van der Waals surface area contributed by atoms with Gasteiger partial charge in [-0.25, -0.2) is 4.79 Å². The summed E-state index contributed by atoms with van der Waals surface area (Å²) in [6.45, 7) is 8.67. The van der Waals surface area contributed by atoms with Gasteiger partial charge in [0.1, 0.15) is 11.3 Å². The number of hydrogen-bond donors (Lipinski definition) is 2. The summed E-state index contributed by atoms with van der Waals surface area (Å²) in [6.07, 6.45) is 6.41. The molecule has 0 aliphatic rings. The summed E-state index contributed by atoms with van der Waals surface area (Å²) < 4.78 is 0. The molecule has 0 amide bonds. The highest BCUT2D eigenvalue weighted by atomic mass is 16.4. The van der Waals surface area contributed by atoms with Gasteiger partial charge in [0, 0.05) is 5.41 Å². The van der Waals surface area contributed by atoms with Gasteiger partial charge in [-0.3, -0.25) is 0 Å². The van der Waals surface area contributed by atoms with Gasteiger partial charge in [-0.05, 0) is 41.5 Å². The summed E-state index contributed by atoms with van der Waals surface area (Å²) in [6, 6.07) is 13.7. The normalized spacial score (nSPS) is 11.8. The molecule has 2 rings (SSSR count). The Bertz CT molecular complexity index is 776. The first-order chi connectivity index (χ1) is 13.2. The van der Waals surface area contributed by atoms with Gasteiger partial charge in [0.05, 0.1) is 0 Å².